The van der Waals surface area contributed by atoms with Gasteiger partial charge in [-0.15, -0.1) is 0 Å². The summed E-state index contributed by atoms with van der Waals surface area (Å²) in [6.45, 7) is 2.55. The maximum absolute atomic E-state index is 13.8. The standard InChI is InChI=1S/C39H45F3N2O6S/c1-25(37(49)43-32(19-14-26(2)45)36(48)39(40,41)42)22-35(47)33(23-27-10-6-4-7-11-27)44-38(50)31(20-21-51-3)24-34(46)30-17-15-29(16-18-30)28-12-8-5-9-13-28/h4-13,15-18,25,31-33,36,48H,14,19-24H2,1-3H3,(H,43,49)(H,44,50)/t25-,31+,32?,33+,36?/m1/s1. The SMILES string of the molecule is CSCC[C@@H](CC(=O)c1ccc(-c2ccccc2)cc1)C(=O)N[C@@H](Cc1ccccc1)C(=O)C[C@@H](C)C(=O)NC(CCC(C)=O)C(O)C(F)(F)F. The number of nitrogens with one attached hydrogen (secondary N) is 2. The summed E-state index contributed by atoms with van der Waals surface area (Å²) >= 11 is 1.51. The summed E-state index contributed by atoms with van der Waals surface area (Å²) in [5.41, 5.74) is 3.12. The number of alkyl halides is 3. The summed E-state index contributed by atoms with van der Waals surface area (Å²) in [4.78, 5) is 65.2. The van der Waals surface area contributed by atoms with Crippen LogP contribution in [0.2, 0.25) is 0 Å². The van der Waals surface area contributed by atoms with Crippen LogP contribution in [0.3, 0.4) is 0 Å². The quantitative estimate of drug-likeness (QED) is 0.115. The summed E-state index contributed by atoms with van der Waals surface area (Å²) in [7, 11) is 0. The highest BCUT2D eigenvalue weighted by Crippen LogP contribution is 2.25. The Kier molecular flexibility index (Phi) is 16.1. The number of aliphatic hydroxyl groups is 1. The van der Waals surface area contributed by atoms with Gasteiger partial charge in [-0.1, -0.05) is 91.9 Å². The van der Waals surface area contributed by atoms with E-state index in [0.29, 0.717) is 17.7 Å². The molecule has 0 fully saturated rings. The zero-order chi connectivity index (χ0) is 37.6. The van der Waals surface area contributed by atoms with Crippen molar-refractivity contribution in [2.75, 3.05) is 12.0 Å². The Morgan fingerprint density at radius 1 is 0.784 bits per heavy atom. The zero-order valence-corrected chi connectivity index (χ0v) is 29.8. The van der Waals surface area contributed by atoms with E-state index >= 15 is 0 Å². The lowest BCUT2D eigenvalue weighted by Gasteiger charge is -2.27. The Hall–Kier alpha value is -4.29. The molecule has 12 heteroatoms. The Morgan fingerprint density at radius 3 is 1.94 bits per heavy atom. The van der Waals surface area contributed by atoms with E-state index in [2.05, 4.69) is 10.6 Å². The lowest BCUT2D eigenvalue weighted by atomic mass is 9.91. The minimum atomic E-state index is -5.04. The van der Waals surface area contributed by atoms with Crippen molar-refractivity contribution in [1.82, 2.24) is 10.6 Å². The predicted octanol–water partition coefficient (Wildman–Crippen LogP) is 6.40. The average molecular weight is 727 g/mol. The van der Waals surface area contributed by atoms with Crippen molar-refractivity contribution in [2.45, 2.75) is 76.7 Å². The number of carbonyl (C=O) groups is 5. The van der Waals surface area contributed by atoms with Crippen molar-refractivity contribution in [1.29, 1.82) is 0 Å². The number of hydrogen-bond acceptors (Lipinski definition) is 7. The lowest BCUT2D eigenvalue weighted by molar-refractivity contribution is -0.213. The average Bonchev–Trinajstić information content (AvgIpc) is 3.11. The molecule has 3 aromatic carbocycles. The maximum atomic E-state index is 13.8. The molecule has 0 aliphatic carbocycles. The van der Waals surface area contributed by atoms with Gasteiger partial charge < -0.3 is 20.5 Å². The van der Waals surface area contributed by atoms with Gasteiger partial charge in [0.15, 0.2) is 17.7 Å². The van der Waals surface area contributed by atoms with Crippen molar-refractivity contribution in [3.63, 3.8) is 0 Å². The third kappa shape index (κ3) is 13.4. The first-order valence-electron chi connectivity index (χ1n) is 16.8. The Balaban J connectivity index is 1.75. The van der Waals surface area contributed by atoms with E-state index in [-0.39, 0.29) is 25.0 Å². The van der Waals surface area contributed by atoms with Crippen LogP contribution in [0.25, 0.3) is 11.1 Å². The zero-order valence-electron chi connectivity index (χ0n) is 28.9. The predicted molar refractivity (Wildman–Crippen MR) is 192 cm³/mol. The van der Waals surface area contributed by atoms with Crippen LogP contribution in [0.15, 0.2) is 84.9 Å². The van der Waals surface area contributed by atoms with Crippen molar-refractivity contribution in [2.24, 2.45) is 11.8 Å². The van der Waals surface area contributed by atoms with Crippen LogP contribution in [0.1, 0.15) is 61.9 Å². The number of amides is 2. The summed E-state index contributed by atoms with van der Waals surface area (Å²) in [5, 5.41) is 14.8. The fourth-order valence-electron chi connectivity index (χ4n) is 5.55. The largest absolute Gasteiger partial charge is 0.416 e. The second kappa shape index (κ2) is 19.9. The van der Waals surface area contributed by atoms with Gasteiger partial charge in [-0.05, 0) is 54.9 Å². The fraction of sp³-hybridized carbons (Fsp3) is 0.410. The van der Waals surface area contributed by atoms with E-state index in [1.54, 1.807) is 42.5 Å². The molecule has 0 radical (unpaired) electrons. The molecule has 274 valence electrons. The van der Waals surface area contributed by atoms with Gasteiger partial charge in [-0.25, -0.2) is 0 Å². The fourth-order valence-corrected chi connectivity index (χ4v) is 6.07. The number of ketones is 3. The van der Waals surface area contributed by atoms with Crippen LogP contribution in [-0.2, 0) is 25.6 Å². The normalized spacial score (nSPS) is 14.4. The molecule has 0 aliphatic rings. The molecule has 3 rings (SSSR count). The van der Waals surface area contributed by atoms with Gasteiger partial charge in [-0.2, -0.15) is 24.9 Å². The number of aliphatic hydroxyl groups excluding tert-OH is 1. The smallest absolute Gasteiger partial charge is 0.382 e. The van der Waals surface area contributed by atoms with Gasteiger partial charge in [0.05, 0.1) is 12.1 Å². The van der Waals surface area contributed by atoms with Gasteiger partial charge in [0.1, 0.15) is 5.78 Å². The number of hydrogen-bond donors (Lipinski definition) is 3. The third-order valence-corrected chi connectivity index (χ3v) is 9.23. The summed E-state index contributed by atoms with van der Waals surface area (Å²) in [6, 6.07) is 22.8. The minimum Gasteiger partial charge on any atom is -0.382 e. The third-order valence-electron chi connectivity index (χ3n) is 8.58. The Bertz CT molecular complexity index is 1600. The van der Waals surface area contributed by atoms with E-state index in [4.69, 9.17) is 0 Å². The number of carbonyl (C=O) groups excluding carboxylic acids is 5. The summed E-state index contributed by atoms with van der Waals surface area (Å²) < 4.78 is 39.9. The molecule has 0 saturated heterocycles. The highest BCUT2D eigenvalue weighted by Gasteiger charge is 2.44. The molecule has 8 nitrogen and oxygen atoms in total. The molecular formula is C39H45F3N2O6S. The van der Waals surface area contributed by atoms with Gasteiger partial charge in [0, 0.05) is 36.7 Å². The molecule has 0 spiro atoms. The topological polar surface area (TPSA) is 130 Å². The van der Waals surface area contributed by atoms with E-state index < -0.39 is 72.4 Å². The highest BCUT2D eigenvalue weighted by molar-refractivity contribution is 7.98. The first-order valence-corrected chi connectivity index (χ1v) is 18.2. The number of halogens is 3. The molecule has 0 aliphatic heterocycles. The molecule has 5 atom stereocenters. The molecule has 0 saturated carbocycles. The van der Waals surface area contributed by atoms with Crippen LogP contribution >= 0.6 is 11.8 Å². The monoisotopic (exact) mass is 726 g/mol. The van der Waals surface area contributed by atoms with Crippen LogP contribution in [0, 0.1) is 11.8 Å². The number of Topliss-reactive ketones (excluding diaryl/α,β-unsaturated/α-hetero) is 3. The van der Waals surface area contributed by atoms with Crippen molar-refractivity contribution >= 4 is 40.9 Å². The van der Waals surface area contributed by atoms with E-state index in [1.807, 2.05) is 48.7 Å². The summed E-state index contributed by atoms with van der Waals surface area (Å²) in [6.07, 6.45) is -6.87. The van der Waals surface area contributed by atoms with Gasteiger partial charge in [0.2, 0.25) is 11.8 Å². The molecule has 0 heterocycles. The number of benzene rings is 3. The first-order chi connectivity index (χ1) is 24.2. The summed E-state index contributed by atoms with van der Waals surface area (Å²) in [5.74, 6) is -3.87. The van der Waals surface area contributed by atoms with Crippen molar-refractivity contribution in [3.05, 3.63) is 96.1 Å². The molecule has 3 N–H and O–H groups in total. The molecular weight excluding hydrogens is 681 g/mol. The van der Waals surface area contributed by atoms with Crippen LogP contribution in [-0.4, -0.2) is 70.6 Å². The molecule has 0 bridgehead atoms. The molecule has 2 unspecified atom stereocenters. The van der Waals surface area contributed by atoms with Crippen molar-refractivity contribution < 1.29 is 42.3 Å². The lowest BCUT2D eigenvalue weighted by Crippen LogP contribution is -2.52. The maximum Gasteiger partial charge on any atom is 0.416 e. The second-order valence-corrected chi connectivity index (χ2v) is 13.7. The number of rotatable bonds is 20. The van der Waals surface area contributed by atoms with Gasteiger partial charge in [0.25, 0.3) is 0 Å². The van der Waals surface area contributed by atoms with E-state index in [1.165, 1.54) is 25.6 Å². The second-order valence-electron chi connectivity index (χ2n) is 12.7. The minimum absolute atomic E-state index is 0.0813. The molecule has 0 aromatic heterocycles. The van der Waals surface area contributed by atoms with E-state index in [0.717, 1.165) is 16.7 Å². The molecule has 2 amide bonds. The number of thioether (sulfide) groups is 1. The molecule has 51 heavy (non-hydrogen) atoms. The van der Waals surface area contributed by atoms with Crippen LogP contribution in [0.4, 0.5) is 13.2 Å². The van der Waals surface area contributed by atoms with Gasteiger partial charge in [-0.3, -0.25) is 19.2 Å². The van der Waals surface area contributed by atoms with E-state index in [9.17, 15) is 42.3 Å². The Morgan fingerprint density at radius 2 is 1.37 bits per heavy atom. The first kappa shape index (κ1) is 41.1. The highest BCUT2D eigenvalue weighted by atomic mass is 32.2. The molecule has 3 aromatic rings. The van der Waals surface area contributed by atoms with Gasteiger partial charge >= 0.3 is 6.18 Å². The Labute approximate surface area is 301 Å². The van der Waals surface area contributed by atoms with Crippen molar-refractivity contribution in [3.8, 4) is 11.1 Å². The van der Waals surface area contributed by atoms with Crippen LogP contribution in [0.5, 0.6) is 0 Å². The van der Waals surface area contributed by atoms with Crippen LogP contribution < -0.4 is 10.6 Å².